The van der Waals surface area contributed by atoms with Crippen molar-refractivity contribution < 1.29 is 9.53 Å². The Balaban J connectivity index is 2.94. The largest absolute Gasteiger partial charge is 0.369 e. The van der Waals surface area contributed by atoms with Gasteiger partial charge in [0.15, 0.2) is 0 Å². The van der Waals surface area contributed by atoms with Crippen molar-refractivity contribution in [1.29, 1.82) is 0 Å². The molecule has 0 aromatic heterocycles. The predicted octanol–water partition coefficient (Wildman–Crippen LogP) is 2.21. The van der Waals surface area contributed by atoms with E-state index in [4.69, 9.17) is 10.5 Å². The lowest BCUT2D eigenvalue weighted by molar-refractivity contribution is -0.136. The summed E-state index contributed by atoms with van der Waals surface area (Å²) in [6, 6.07) is 5.81. The van der Waals surface area contributed by atoms with Gasteiger partial charge in [0.05, 0.1) is 0 Å². The molecule has 0 aliphatic heterocycles. The molecule has 0 aliphatic carbocycles. The molecule has 0 radical (unpaired) electrons. The summed E-state index contributed by atoms with van der Waals surface area (Å²) in [5.74, 6) is -0.134. The summed E-state index contributed by atoms with van der Waals surface area (Å²) in [6.45, 7) is 6.11. The van der Waals surface area contributed by atoms with Crippen LogP contribution in [0.4, 0.5) is 5.69 Å². The number of nitrogens with one attached hydrogen (secondary N) is 1. The minimum atomic E-state index is -0.800. The van der Waals surface area contributed by atoms with Crippen molar-refractivity contribution >= 4 is 11.6 Å². The number of hydrogen-bond donors (Lipinski definition) is 2. The molecule has 0 spiro atoms. The van der Waals surface area contributed by atoms with Gasteiger partial charge in [0, 0.05) is 19.3 Å². The molecule has 0 aliphatic rings. The van der Waals surface area contributed by atoms with Gasteiger partial charge in [-0.05, 0) is 37.5 Å². The number of hydrogen-bond acceptors (Lipinski definition) is 3. The quantitative estimate of drug-likeness (QED) is 0.842. The van der Waals surface area contributed by atoms with Crippen LogP contribution in [0.25, 0.3) is 0 Å². The minimum absolute atomic E-state index is 0.134. The van der Waals surface area contributed by atoms with Crippen molar-refractivity contribution in [2.75, 3.05) is 12.4 Å². The Bertz CT molecular complexity index is 426. The maximum Gasteiger partial charge on any atom is 0.256 e. The van der Waals surface area contributed by atoms with Crippen LogP contribution >= 0.6 is 0 Å². The SMILES string of the molecule is CCC(C)(OC)C(=O)Nc1cc(CN)ccc1C. The smallest absolute Gasteiger partial charge is 0.256 e. The zero-order chi connectivity index (χ0) is 13.8. The number of methoxy groups -OCH3 is 1. The third kappa shape index (κ3) is 3.09. The second-order valence-corrected chi connectivity index (χ2v) is 4.60. The highest BCUT2D eigenvalue weighted by atomic mass is 16.5. The van der Waals surface area contributed by atoms with Crippen molar-refractivity contribution in [1.82, 2.24) is 0 Å². The number of aryl methyl sites for hydroxylation is 1. The summed E-state index contributed by atoms with van der Waals surface area (Å²) in [5.41, 5.74) is 7.59. The highest BCUT2D eigenvalue weighted by molar-refractivity contribution is 5.97. The first-order valence-corrected chi connectivity index (χ1v) is 6.13. The first kappa shape index (κ1) is 14.7. The maximum atomic E-state index is 12.2. The summed E-state index contributed by atoms with van der Waals surface area (Å²) in [4.78, 5) is 12.2. The van der Waals surface area contributed by atoms with E-state index in [2.05, 4.69) is 5.32 Å². The maximum absolute atomic E-state index is 12.2. The third-order valence-electron chi connectivity index (χ3n) is 3.39. The average Bonchev–Trinajstić information content (AvgIpc) is 2.40. The number of benzene rings is 1. The van der Waals surface area contributed by atoms with Crippen LogP contribution in [0, 0.1) is 6.92 Å². The molecule has 4 nitrogen and oxygen atoms in total. The van der Waals surface area contributed by atoms with Gasteiger partial charge < -0.3 is 15.8 Å². The van der Waals surface area contributed by atoms with Crippen molar-refractivity contribution in [3.63, 3.8) is 0 Å². The molecule has 100 valence electrons. The number of rotatable bonds is 5. The van der Waals surface area contributed by atoms with E-state index in [1.54, 1.807) is 14.0 Å². The van der Waals surface area contributed by atoms with E-state index in [1.807, 2.05) is 32.0 Å². The molecule has 1 unspecified atom stereocenters. The monoisotopic (exact) mass is 250 g/mol. The highest BCUT2D eigenvalue weighted by Gasteiger charge is 2.31. The fraction of sp³-hybridized carbons (Fsp3) is 0.500. The van der Waals surface area contributed by atoms with Gasteiger partial charge in [0.1, 0.15) is 5.60 Å². The molecule has 1 aromatic carbocycles. The molecular weight excluding hydrogens is 228 g/mol. The standard InChI is InChI=1S/C14H22N2O2/c1-5-14(3,18-4)13(17)16-12-8-11(9-15)7-6-10(12)2/h6-8H,5,9,15H2,1-4H3,(H,16,17). The van der Waals surface area contributed by atoms with Crippen molar-refractivity contribution in [3.05, 3.63) is 29.3 Å². The fourth-order valence-corrected chi connectivity index (χ4v) is 1.58. The fourth-order valence-electron chi connectivity index (χ4n) is 1.58. The summed E-state index contributed by atoms with van der Waals surface area (Å²) < 4.78 is 5.28. The number of anilines is 1. The number of ether oxygens (including phenoxy) is 1. The Labute approximate surface area is 109 Å². The van der Waals surface area contributed by atoms with Gasteiger partial charge in [-0.15, -0.1) is 0 Å². The van der Waals surface area contributed by atoms with E-state index in [0.29, 0.717) is 13.0 Å². The van der Waals surface area contributed by atoms with Gasteiger partial charge in [-0.1, -0.05) is 19.1 Å². The molecule has 0 saturated carbocycles. The van der Waals surface area contributed by atoms with Crippen molar-refractivity contribution in [2.24, 2.45) is 5.73 Å². The Morgan fingerprint density at radius 2 is 2.17 bits per heavy atom. The van der Waals surface area contributed by atoms with Gasteiger partial charge in [0.25, 0.3) is 5.91 Å². The van der Waals surface area contributed by atoms with E-state index in [0.717, 1.165) is 16.8 Å². The van der Waals surface area contributed by atoms with Gasteiger partial charge in [0.2, 0.25) is 0 Å². The van der Waals surface area contributed by atoms with Crippen LogP contribution in [0.2, 0.25) is 0 Å². The average molecular weight is 250 g/mol. The lowest BCUT2D eigenvalue weighted by atomic mass is 10.0. The molecule has 3 N–H and O–H groups in total. The number of amides is 1. The first-order chi connectivity index (χ1) is 8.46. The van der Waals surface area contributed by atoms with Crippen LogP contribution in [-0.4, -0.2) is 18.6 Å². The van der Waals surface area contributed by atoms with Gasteiger partial charge in [-0.25, -0.2) is 0 Å². The van der Waals surface area contributed by atoms with Crippen LogP contribution in [-0.2, 0) is 16.1 Å². The topological polar surface area (TPSA) is 64.3 Å². The minimum Gasteiger partial charge on any atom is -0.369 e. The number of nitrogens with two attached hydrogens (primary N) is 1. The van der Waals surface area contributed by atoms with Gasteiger partial charge in [-0.2, -0.15) is 0 Å². The summed E-state index contributed by atoms with van der Waals surface area (Å²) in [7, 11) is 1.55. The zero-order valence-corrected chi connectivity index (χ0v) is 11.5. The molecule has 0 saturated heterocycles. The molecule has 1 amide bonds. The molecule has 1 rings (SSSR count). The molecule has 0 bridgehead atoms. The molecule has 1 aromatic rings. The van der Waals surface area contributed by atoms with E-state index in [9.17, 15) is 4.79 Å². The third-order valence-corrected chi connectivity index (χ3v) is 3.39. The second kappa shape index (κ2) is 5.98. The van der Waals surface area contributed by atoms with Crippen molar-refractivity contribution in [2.45, 2.75) is 39.3 Å². The predicted molar refractivity (Wildman–Crippen MR) is 73.4 cm³/mol. The lowest BCUT2D eigenvalue weighted by Crippen LogP contribution is -2.41. The Morgan fingerprint density at radius 1 is 1.50 bits per heavy atom. The van der Waals surface area contributed by atoms with Crippen LogP contribution in [0.5, 0.6) is 0 Å². The second-order valence-electron chi connectivity index (χ2n) is 4.60. The number of carbonyl (C=O) groups is 1. The molecule has 0 heterocycles. The van der Waals surface area contributed by atoms with Crippen LogP contribution in [0.1, 0.15) is 31.4 Å². The summed E-state index contributed by atoms with van der Waals surface area (Å²) >= 11 is 0. The molecular formula is C14H22N2O2. The molecule has 1 atom stereocenters. The zero-order valence-electron chi connectivity index (χ0n) is 11.5. The Hall–Kier alpha value is -1.39. The molecule has 0 fully saturated rings. The molecule has 4 heteroatoms. The highest BCUT2D eigenvalue weighted by Crippen LogP contribution is 2.21. The van der Waals surface area contributed by atoms with E-state index < -0.39 is 5.60 Å². The van der Waals surface area contributed by atoms with Crippen LogP contribution in [0.15, 0.2) is 18.2 Å². The van der Waals surface area contributed by atoms with Crippen LogP contribution < -0.4 is 11.1 Å². The van der Waals surface area contributed by atoms with Gasteiger partial charge >= 0.3 is 0 Å². The first-order valence-electron chi connectivity index (χ1n) is 6.13. The Kier molecular flexibility index (Phi) is 4.87. The molecule has 18 heavy (non-hydrogen) atoms. The number of carbonyl (C=O) groups excluding carboxylic acids is 1. The summed E-state index contributed by atoms with van der Waals surface area (Å²) in [6.07, 6.45) is 0.616. The van der Waals surface area contributed by atoms with E-state index in [-0.39, 0.29) is 5.91 Å². The van der Waals surface area contributed by atoms with E-state index in [1.165, 1.54) is 0 Å². The Morgan fingerprint density at radius 3 is 2.67 bits per heavy atom. The van der Waals surface area contributed by atoms with Crippen molar-refractivity contribution in [3.8, 4) is 0 Å². The van der Waals surface area contributed by atoms with E-state index >= 15 is 0 Å². The summed E-state index contributed by atoms with van der Waals surface area (Å²) in [5, 5.41) is 2.91. The van der Waals surface area contributed by atoms with Gasteiger partial charge in [-0.3, -0.25) is 4.79 Å². The van der Waals surface area contributed by atoms with Crippen LogP contribution in [0.3, 0.4) is 0 Å². The normalized spacial score (nSPS) is 14.1. The lowest BCUT2D eigenvalue weighted by Gasteiger charge is -2.25.